The van der Waals surface area contributed by atoms with E-state index in [0.717, 1.165) is 22.9 Å². The lowest BCUT2D eigenvalue weighted by Crippen LogP contribution is -2.22. The summed E-state index contributed by atoms with van der Waals surface area (Å²) in [5.74, 6) is 0.310. The minimum absolute atomic E-state index is 0.137. The monoisotopic (exact) mass is 453 g/mol. The molecule has 0 spiro atoms. The number of esters is 1. The summed E-state index contributed by atoms with van der Waals surface area (Å²) in [6, 6.07) is 16.5. The van der Waals surface area contributed by atoms with Crippen LogP contribution in [0.4, 0.5) is 0 Å². The molecular formula is C27H23N3O4. The van der Waals surface area contributed by atoms with Crippen LogP contribution in [-0.4, -0.2) is 22.6 Å². The number of hydrogen-bond acceptors (Lipinski definition) is 6. The number of para-hydroxylation sites is 1. The van der Waals surface area contributed by atoms with E-state index in [-0.39, 0.29) is 11.7 Å². The highest BCUT2D eigenvalue weighted by atomic mass is 16.5. The van der Waals surface area contributed by atoms with Crippen LogP contribution in [0.25, 0.3) is 10.9 Å². The average Bonchev–Trinajstić information content (AvgIpc) is 3.20. The van der Waals surface area contributed by atoms with Gasteiger partial charge in [0.25, 0.3) is 5.91 Å². The van der Waals surface area contributed by atoms with Crippen LogP contribution in [0.5, 0.6) is 5.75 Å². The Morgan fingerprint density at radius 3 is 2.74 bits per heavy atom. The lowest BCUT2D eigenvalue weighted by Gasteiger charge is -2.13. The molecule has 170 valence electrons. The van der Waals surface area contributed by atoms with E-state index in [0.29, 0.717) is 46.7 Å². The smallest absolute Gasteiger partial charge is 0.380 e. The Bertz CT molecular complexity index is 1450. The number of nitrogens with one attached hydrogen (secondary N) is 1. The summed E-state index contributed by atoms with van der Waals surface area (Å²) in [6.07, 6.45) is 3.82. The normalized spacial score (nSPS) is 14.1. The first-order valence-corrected chi connectivity index (χ1v) is 11.1. The Balaban J connectivity index is 1.41. The summed E-state index contributed by atoms with van der Waals surface area (Å²) >= 11 is 0. The zero-order valence-corrected chi connectivity index (χ0v) is 18.9. The highest BCUT2D eigenvalue weighted by Crippen LogP contribution is 2.31. The molecule has 0 unspecified atom stereocenters. The van der Waals surface area contributed by atoms with Gasteiger partial charge in [-0.15, -0.1) is 0 Å². The van der Waals surface area contributed by atoms with Crippen molar-refractivity contribution in [2.75, 3.05) is 0 Å². The van der Waals surface area contributed by atoms with Gasteiger partial charge in [0.15, 0.2) is 5.75 Å². The molecule has 0 saturated carbocycles. The number of fused-ring (bicyclic) bond motifs is 2. The highest BCUT2D eigenvalue weighted by Gasteiger charge is 2.29. The van der Waals surface area contributed by atoms with Crippen LogP contribution in [0.1, 0.15) is 56.2 Å². The van der Waals surface area contributed by atoms with Gasteiger partial charge in [-0.3, -0.25) is 9.78 Å². The second kappa shape index (κ2) is 8.94. The predicted molar refractivity (Wildman–Crippen MR) is 128 cm³/mol. The summed E-state index contributed by atoms with van der Waals surface area (Å²) in [7, 11) is 0. The van der Waals surface area contributed by atoms with Crippen molar-refractivity contribution >= 4 is 28.5 Å². The molecule has 0 aliphatic heterocycles. The molecule has 1 aliphatic carbocycles. The van der Waals surface area contributed by atoms with Gasteiger partial charge in [-0.1, -0.05) is 35.9 Å². The van der Waals surface area contributed by atoms with Crippen molar-refractivity contribution in [2.45, 2.75) is 33.1 Å². The van der Waals surface area contributed by atoms with Gasteiger partial charge >= 0.3 is 5.97 Å². The molecule has 2 aromatic heterocycles. The molecule has 0 saturated heterocycles. The molecule has 5 rings (SSSR count). The van der Waals surface area contributed by atoms with Crippen LogP contribution in [0.15, 0.2) is 70.3 Å². The van der Waals surface area contributed by atoms with Gasteiger partial charge in [-0.25, -0.2) is 10.2 Å². The molecule has 0 radical (unpaired) electrons. The molecule has 4 aromatic rings. The van der Waals surface area contributed by atoms with Crippen LogP contribution in [0, 0.1) is 13.8 Å². The third-order valence-electron chi connectivity index (χ3n) is 5.88. The standard InChI is InChI=1S/C27H23N3O4/c1-16-7-3-9-19(15-16)26(31)30-29-20-11-5-12-21-23(20)17(2)25(33-21)27(32)34-22-13-4-8-18-10-6-14-28-24(18)22/h3-4,6-10,13-15H,5,11-12H2,1-2H3,(H,30,31)/b29-20+. The molecule has 1 aliphatic rings. The third kappa shape index (κ3) is 4.08. The number of amides is 1. The van der Waals surface area contributed by atoms with Gasteiger partial charge in [0, 0.05) is 34.7 Å². The lowest BCUT2D eigenvalue weighted by atomic mass is 9.93. The zero-order chi connectivity index (χ0) is 23.7. The molecule has 2 aromatic carbocycles. The van der Waals surface area contributed by atoms with Gasteiger partial charge in [-0.2, -0.15) is 5.10 Å². The maximum atomic E-state index is 13.0. The number of aromatic nitrogens is 1. The van der Waals surface area contributed by atoms with Gasteiger partial charge in [0.05, 0.1) is 5.71 Å². The van der Waals surface area contributed by atoms with E-state index in [1.165, 1.54) is 0 Å². The number of pyridine rings is 1. The first kappa shape index (κ1) is 21.6. The molecule has 0 atom stereocenters. The largest absolute Gasteiger partial charge is 0.453 e. The number of ether oxygens (including phenoxy) is 1. The second-order valence-electron chi connectivity index (χ2n) is 8.30. The van der Waals surface area contributed by atoms with E-state index in [9.17, 15) is 9.59 Å². The minimum atomic E-state index is -0.590. The third-order valence-corrected chi connectivity index (χ3v) is 5.88. The molecule has 7 heteroatoms. The van der Waals surface area contributed by atoms with E-state index in [4.69, 9.17) is 9.15 Å². The fourth-order valence-electron chi connectivity index (χ4n) is 4.25. The fourth-order valence-corrected chi connectivity index (χ4v) is 4.25. The van der Waals surface area contributed by atoms with E-state index < -0.39 is 5.97 Å². The number of aryl methyl sites for hydroxylation is 2. The molecule has 1 N–H and O–H groups in total. The summed E-state index contributed by atoms with van der Waals surface area (Å²) in [5, 5.41) is 5.26. The fraction of sp³-hybridized carbons (Fsp3) is 0.185. The number of carbonyl (C=O) groups excluding carboxylic acids is 2. The van der Waals surface area contributed by atoms with Gasteiger partial charge in [0.2, 0.25) is 5.76 Å². The van der Waals surface area contributed by atoms with Crippen molar-refractivity contribution in [3.8, 4) is 5.75 Å². The summed E-state index contributed by atoms with van der Waals surface area (Å²) in [6.45, 7) is 3.74. The molecule has 2 heterocycles. The van der Waals surface area contributed by atoms with E-state index in [2.05, 4.69) is 15.5 Å². The van der Waals surface area contributed by atoms with Crippen LogP contribution in [-0.2, 0) is 6.42 Å². The highest BCUT2D eigenvalue weighted by molar-refractivity contribution is 6.07. The SMILES string of the molecule is Cc1cccc(C(=O)N/N=C2\CCCc3oc(C(=O)Oc4cccc5cccnc45)c(C)c32)c1. The van der Waals surface area contributed by atoms with Crippen LogP contribution in [0.2, 0.25) is 0 Å². The number of nitrogens with zero attached hydrogens (tertiary/aromatic N) is 2. The average molecular weight is 453 g/mol. The molecule has 7 nitrogen and oxygen atoms in total. The van der Waals surface area contributed by atoms with Gasteiger partial charge in [-0.05, 0) is 51.0 Å². The number of hydrogen-bond donors (Lipinski definition) is 1. The van der Waals surface area contributed by atoms with Crippen molar-refractivity contribution in [3.63, 3.8) is 0 Å². The molecule has 0 bridgehead atoms. The van der Waals surface area contributed by atoms with E-state index >= 15 is 0 Å². The van der Waals surface area contributed by atoms with Crippen molar-refractivity contribution in [2.24, 2.45) is 5.10 Å². The minimum Gasteiger partial charge on any atom is -0.453 e. The number of rotatable bonds is 4. The summed E-state index contributed by atoms with van der Waals surface area (Å²) in [4.78, 5) is 29.9. The van der Waals surface area contributed by atoms with E-state index in [1.54, 1.807) is 24.4 Å². The van der Waals surface area contributed by atoms with Crippen molar-refractivity contribution < 1.29 is 18.7 Å². The Labute approximate surface area is 196 Å². The van der Waals surface area contributed by atoms with Gasteiger partial charge in [0.1, 0.15) is 11.3 Å². The number of hydrazone groups is 1. The molecule has 0 fully saturated rings. The van der Waals surface area contributed by atoms with Crippen molar-refractivity contribution in [1.29, 1.82) is 0 Å². The second-order valence-corrected chi connectivity index (χ2v) is 8.30. The quantitative estimate of drug-likeness (QED) is 0.263. The Morgan fingerprint density at radius 2 is 1.88 bits per heavy atom. The van der Waals surface area contributed by atoms with Crippen molar-refractivity contribution in [3.05, 3.63) is 94.6 Å². The topological polar surface area (TPSA) is 93.8 Å². The predicted octanol–water partition coefficient (Wildman–Crippen LogP) is 5.13. The van der Waals surface area contributed by atoms with Crippen LogP contribution >= 0.6 is 0 Å². The lowest BCUT2D eigenvalue weighted by molar-refractivity contribution is 0.0700. The van der Waals surface area contributed by atoms with Crippen molar-refractivity contribution in [1.82, 2.24) is 10.4 Å². The molecule has 1 amide bonds. The van der Waals surface area contributed by atoms with E-state index in [1.807, 2.05) is 50.2 Å². The first-order valence-electron chi connectivity index (χ1n) is 11.1. The zero-order valence-electron chi connectivity index (χ0n) is 18.9. The number of benzene rings is 2. The van der Waals surface area contributed by atoms with Crippen LogP contribution < -0.4 is 10.2 Å². The maximum absolute atomic E-state index is 13.0. The molecular weight excluding hydrogens is 430 g/mol. The first-order chi connectivity index (χ1) is 16.5. The number of carbonyl (C=O) groups is 2. The Kier molecular flexibility index (Phi) is 5.67. The van der Waals surface area contributed by atoms with Crippen LogP contribution in [0.3, 0.4) is 0 Å². The number of furan rings is 1. The summed E-state index contributed by atoms with van der Waals surface area (Å²) in [5.41, 5.74) is 6.89. The Hall–Kier alpha value is -4.26. The Morgan fingerprint density at radius 1 is 1.06 bits per heavy atom. The van der Waals surface area contributed by atoms with Gasteiger partial charge < -0.3 is 9.15 Å². The summed E-state index contributed by atoms with van der Waals surface area (Å²) < 4.78 is 11.6. The molecule has 34 heavy (non-hydrogen) atoms. The maximum Gasteiger partial charge on any atom is 0.380 e.